The van der Waals surface area contributed by atoms with Crippen LogP contribution in [0.4, 0.5) is 18.9 Å². The van der Waals surface area contributed by atoms with Gasteiger partial charge in [-0.15, -0.1) is 0 Å². The fourth-order valence-corrected chi connectivity index (χ4v) is 3.10. The number of amides is 2. The minimum atomic E-state index is -4.58. The normalized spacial score (nSPS) is 11.3. The summed E-state index contributed by atoms with van der Waals surface area (Å²) in [5, 5.41) is 6.58. The van der Waals surface area contributed by atoms with Crippen LogP contribution in [0.1, 0.15) is 16.7 Å². The van der Waals surface area contributed by atoms with Crippen LogP contribution in [0.3, 0.4) is 0 Å². The van der Waals surface area contributed by atoms with Gasteiger partial charge in [-0.2, -0.15) is 18.3 Å². The van der Waals surface area contributed by atoms with Crippen molar-refractivity contribution in [3.05, 3.63) is 93.5 Å². The van der Waals surface area contributed by atoms with Crippen molar-refractivity contribution in [2.75, 3.05) is 5.32 Å². The molecular formula is C23H16Cl2F3N3O3. The van der Waals surface area contributed by atoms with Crippen LogP contribution >= 0.6 is 23.2 Å². The second-order valence-electron chi connectivity index (χ2n) is 6.80. The maximum atomic E-state index is 12.7. The van der Waals surface area contributed by atoms with Crippen LogP contribution in [-0.2, 0) is 22.4 Å². The highest BCUT2D eigenvalue weighted by atomic mass is 35.5. The smallest absolute Gasteiger partial charge is 0.416 e. The number of carbonyl (C=O) groups is 2. The average Bonchev–Trinajstić information content (AvgIpc) is 2.79. The Kier molecular flexibility index (Phi) is 8.14. The maximum Gasteiger partial charge on any atom is 0.416 e. The molecule has 6 nitrogen and oxygen atoms in total. The molecule has 0 fully saturated rings. The molecule has 0 heterocycles. The first kappa shape index (κ1) is 25.1. The van der Waals surface area contributed by atoms with Gasteiger partial charge in [0.2, 0.25) is 0 Å². The highest BCUT2D eigenvalue weighted by Gasteiger charge is 2.30. The molecule has 176 valence electrons. The third kappa shape index (κ3) is 6.97. The quantitative estimate of drug-likeness (QED) is 0.255. The second-order valence-corrected chi connectivity index (χ2v) is 7.62. The summed E-state index contributed by atoms with van der Waals surface area (Å²) in [6, 6.07) is 15.8. The van der Waals surface area contributed by atoms with E-state index in [0.717, 1.165) is 17.7 Å². The van der Waals surface area contributed by atoms with E-state index in [1.165, 1.54) is 18.3 Å². The number of alkyl halides is 3. The van der Waals surface area contributed by atoms with Crippen molar-refractivity contribution in [2.45, 2.75) is 12.8 Å². The zero-order chi connectivity index (χ0) is 24.7. The predicted molar refractivity (Wildman–Crippen MR) is 123 cm³/mol. The molecule has 34 heavy (non-hydrogen) atoms. The Hall–Kier alpha value is -3.56. The van der Waals surface area contributed by atoms with E-state index in [-0.39, 0.29) is 17.3 Å². The molecule has 0 bridgehead atoms. The number of nitrogens with zero attached hydrogens (tertiary/aromatic N) is 1. The number of rotatable bonds is 6. The van der Waals surface area contributed by atoms with E-state index in [0.29, 0.717) is 22.4 Å². The van der Waals surface area contributed by atoms with Crippen LogP contribution in [0.15, 0.2) is 71.8 Å². The number of hydrazone groups is 1. The molecule has 0 aromatic heterocycles. The number of ether oxygens (including phenoxy) is 1. The van der Waals surface area contributed by atoms with Gasteiger partial charge in [-0.3, -0.25) is 9.59 Å². The summed E-state index contributed by atoms with van der Waals surface area (Å²) >= 11 is 12.3. The van der Waals surface area contributed by atoms with Crippen molar-refractivity contribution in [3.8, 4) is 5.75 Å². The molecule has 3 rings (SSSR count). The Bertz CT molecular complexity index is 1230. The SMILES string of the molecule is O=C(N/N=C\c1ccc(OCc2ccccc2Cl)c(Cl)c1)C(=O)Nc1cccc(C(F)(F)F)c1. The van der Waals surface area contributed by atoms with Gasteiger partial charge in [0, 0.05) is 16.3 Å². The van der Waals surface area contributed by atoms with Gasteiger partial charge in [0.1, 0.15) is 12.4 Å². The van der Waals surface area contributed by atoms with Crippen LogP contribution in [0.25, 0.3) is 0 Å². The van der Waals surface area contributed by atoms with Gasteiger partial charge in [0.05, 0.1) is 16.8 Å². The summed E-state index contributed by atoms with van der Waals surface area (Å²) < 4.78 is 43.9. The van der Waals surface area contributed by atoms with Gasteiger partial charge in [0.25, 0.3) is 0 Å². The van der Waals surface area contributed by atoms with Gasteiger partial charge in [-0.25, -0.2) is 5.43 Å². The van der Waals surface area contributed by atoms with Crippen molar-refractivity contribution in [2.24, 2.45) is 5.10 Å². The number of hydrogen-bond donors (Lipinski definition) is 2. The van der Waals surface area contributed by atoms with Crippen LogP contribution in [-0.4, -0.2) is 18.0 Å². The lowest BCUT2D eigenvalue weighted by molar-refractivity contribution is -0.137. The number of anilines is 1. The Morgan fingerprint density at radius 2 is 1.71 bits per heavy atom. The minimum Gasteiger partial charge on any atom is -0.487 e. The second kappa shape index (κ2) is 11.0. The molecule has 3 aromatic carbocycles. The fourth-order valence-electron chi connectivity index (χ4n) is 2.66. The van der Waals surface area contributed by atoms with Crippen LogP contribution in [0.5, 0.6) is 5.75 Å². The molecular weight excluding hydrogens is 494 g/mol. The monoisotopic (exact) mass is 509 g/mol. The molecule has 3 aromatic rings. The van der Waals surface area contributed by atoms with E-state index in [1.807, 2.05) is 17.6 Å². The zero-order valence-electron chi connectivity index (χ0n) is 17.2. The molecule has 0 aliphatic carbocycles. The van der Waals surface area contributed by atoms with E-state index < -0.39 is 23.6 Å². The topological polar surface area (TPSA) is 79.8 Å². The zero-order valence-corrected chi connectivity index (χ0v) is 18.7. The van der Waals surface area contributed by atoms with Crippen molar-refractivity contribution in [3.63, 3.8) is 0 Å². The molecule has 0 aliphatic heterocycles. The van der Waals surface area contributed by atoms with Crippen LogP contribution in [0, 0.1) is 0 Å². The molecule has 0 spiro atoms. The summed E-state index contributed by atoms with van der Waals surface area (Å²) in [5.41, 5.74) is 2.13. The molecule has 11 heteroatoms. The Morgan fingerprint density at radius 1 is 0.941 bits per heavy atom. The number of carbonyl (C=O) groups excluding carboxylic acids is 2. The first-order valence-corrected chi connectivity index (χ1v) is 10.4. The lowest BCUT2D eigenvalue weighted by Gasteiger charge is -2.10. The van der Waals surface area contributed by atoms with E-state index >= 15 is 0 Å². The van der Waals surface area contributed by atoms with Crippen molar-refractivity contribution in [1.29, 1.82) is 0 Å². The average molecular weight is 510 g/mol. The first-order valence-electron chi connectivity index (χ1n) is 9.61. The molecule has 2 N–H and O–H groups in total. The molecule has 0 saturated carbocycles. The van der Waals surface area contributed by atoms with Crippen LogP contribution < -0.4 is 15.5 Å². The van der Waals surface area contributed by atoms with Gasteiger partial charge < -0.3 is 10.1 Å². The third-order valence-electron chi connectivity index (χ3n) is 4.33. The summed E-state index contributed by atoms with van der Waals surface area (Å²) in [6.07, 6.45) is -3.34. The summed E-state index contributed by atoms with van der Waals surface area (Å²) in [4.78, 5) is 23.8. The standard InChI is InChI=1S/C23H16Cl2F3N3O3/c24-18-7-2-1-4-15(18)13-34-20-9-8-14(10-19(20)25)12-29-31-22(33)21(32)30-17-6-3-5-16(11-17)23(26,27)28/h1-12H,13H2,(H,30,32)(H,31,33)/b29-12-. The summed E-state index contributed by atoms with van der Waals surface area (Å²) in [6.45, 7) is 0.212. The molecule has 0 unspecified atom stereocenters. The molecule has 0 saturated heterocycles. The first-order chi connectivity index (χ1) is 16.1. The van der Waals surface area contributed by atoms with Crippen molar-refractivity contribution >= 4 is 46.9 Å². The fraction of sp³-hybridized carbons (Fsp3) is 0.0870. The third-order valence-corrected chi connectivity index (χ3v) is 4.99. The molecule has 0 aliphatic rings. The highest BCUT2D eigenvalue weighted by Crippen LogP contribution is 2.30. The van der Waals surface area contributed by atoms with E-state index in [1.54, 1.807) is 24.3 Å². The minimum absolute atomic E-state index is 0.182. The number of halogens is 5. The number of nitrogens with one attached hydrogen (secondary N) is 2. The van der Waals surface area contributed by atoms with E-state index in [2.05, 4.69) is 10.4 Å². The van der Waals surface area contributed by atoms with E-state index in [4.69, 9.17) is 27.9 Å². The maximum absolute atomic E-state index is 12.7. The van der Waals surface area contributed by atoms with E-state index in [9.17, 15) is 22.8 Å². The number of hydrogen-bond acceptors (Lipinski definition) is 4. The van der Waals surface area contributed by atoms with Gasteiger partial charge >= 0.3 is 18.0 Å². The van der Waals surface area contributed by atoms with Crippen molar-refractivity contribution < 1.29 is 27.5 Å². The van der Waals surface area contributed by atoms with Gasteiger partial charge in [0.15, 0.2) is 0 Å². The molecule has 2 amide bonds. The van der Waals surface area contributed by atoms with Gasteiger partial charge in [-0.05, 0) is 48.0 Å². The van der Waals surface area contributed by atoms with Gasteiger partial charge in [-0.1, -0.05) is 47.5 Å². The Balaban J connectivity index is 1.54. The number of benzene rings is 3. The Morgan fingerprint density at radius 3 is 2.41 bits per heavy atom. The molecule has 0 atom stereocenters. The lowest BCUT2D eigenvalue weighted by Crippen LogP contribution is -2.32. The summed E-state index contributed by atoms with van der Waals surface area (Å²) in [5.74, 6) is -1.94. The predicted octanol–water partition coefficient (Wildman–Crippen LogP) is 5.68. The largest absolute Gasteiger partial charge is 0.487 e. The molecule has 0 radical (unpaired) electrons. The van der Waals surface area contributed by atoms with Crippen LogP contribution in [0.2, 0.25) is 10.0 Å². The summed E-state index contributed by atoms with van der Waals surface area (Å²) in [7, 11) is 0. The Labute approximate surface area is 202 Å². The lowest BCUT2D eigenvalue weighted by atomic mass is 10.2. The highest BCUT2D eigenvalue weighted by molar-refractivity contribution is 6.39. The van der Waals surface area contributed by atoms with Crippen molar-refractivity contribution in [1.82, 2.24) is 5.43 Å².